The van der Waals surface area contributed by atoms with E-state index >= 15 is 0 Å². The monoisotopic (exact) mass is 484 g/mol. The Hall–Kier alpha value is -3.59. The Bertz CT molecular complexity index is 1360. The maximum absolute atomic E-state index is 12.9. The average Bonchev–Trinajstić information content (AvgIpc) is 2.84. The number of aromatic nitrogens is 1. The topological polar surface area (TPSA) is 88.5 Å². The molecule has 2 N–H and O–H groups in total. The zero-order valence-electron chi connectivity index (χ0n) is 19.6. The largest absolute Gasteiger partial charge is 1.00 e. The molecule has 4 aromatic rings. The molecule has 35 heavy (non-hydrogen) atoms. The number of carbonyl (C=O) groups is 2. The van der Waals surface area contributed by atoms with Crippen LogP contribution in [0.3, 0.4) is 0 Å². The van der Waals surface area contributed by atoms with E-state index in [0.29, 0.717) is 11.1 Å². The molecule has 9 heteroatoms. The van der Waals surface area contributed by atoms with Crippen LogP contribution >= 0.6 is 0 Å². The number of halogens is 2. The molecular formula is C26H19F2N2NaO4. The maximum atomic E-state index is 12.9. The number of ether oxygens (including phenoxy) is 1. The van der Waals surface area contributed by atoms with Crippen LogP contribution in [-0.2, 0) is 0 Å². The van der Waals surface area contributed by atoms with Crippen molar-refractivity contribution < 1.29 is 59.2 Å². The first-order valence-electron chi connectivity index (χ1n) is 10.1. The second-order valence-corrected chi connectivity index (χ2v) is 7.25. The van der Waals surface area contributed by atoms with Crippen LogP contribution in [0.5, 0.6) is 5.75 Å². The number of hydrogen-bond acceptors (Lipinski definition) is 4. The smallest absolute Gasteiger partial charge is 1.00 e. The van der Waals surface area contributed by atoms with Gasteiger partial charge in [-0.1, -0.05) is 48.5 Å². The van der Waals surface area contributed by atoms with E-state index in [4.69, 9.17) is 0 Å². The molecule has 0 unspecified atom stereocenters. The number of amides is 1. The fourth-order valence-corrected chi connectivity index (χ4v) is 3.41. The van der Waals surface area contributed by atoms with E-state index in [2.05, 4.69) is 15.0 Å². The van der Waals surface area contributed by atoms with Crippen molar-refractivity contribution in [1.82, 2.24) is 4.98 Å². The molecule has 1 amide bonds. The molecule has 0 saturated carbocycles. The summed E-state index contributed by atoms with van der Waals surface area (Å²) < 4.78 is 29.6. The number of carbonyl (C=O) groups excluding carboxylic acids is 1. The van der Waals surface area contributed by atoms with Crippen molar-refractivity contribution >= 4 is 17.6 Å². The standard InChI is InChI=1S/C26H18F2N2O4.Na.H/c27-26(28)34-21-8-4-7-17(12-21)18-9-10-22(25(32)33)23(13-18)30-24(31)20-11-19(14-29-15-20)16-5-2-1-3-6-16;;/h1-15,26H,(H,30,31)(H,32,33);;/q;+1;-1. The molecule has 3 aromatic carbocycles. The summed E-state index contributed by atoms with van der Waals surface area (Å²) in [7, 11) is 0. The van der Waals surface area contributed by atoms with Gasteiger partial charge < -0.3 is 16.6 Å². The molecule has 6 nitrogen and oxygen atoms in total. The van der Waals surface area contributed by atoms with Crippen molar-refractivity contribution in [2.24, 2.45) is 0 Å². The molecule has 0 atom stereocenters. The number of alkyl halides is 2. The van der Waals surface area contributed by atoms with Gasteiger partial charge in [-0.15, -0.1) is 0 Å². The minimum Gasteiger partial charge on any atom is -1.00 e. The Morgan fingerprint density at radius 2 is 1.57 bits per heavy atom. The van der Waals surface area contributed by atoms with E-state index in [1.54, 1.807) is 18.3 Å². The number of nitrogens with one attached hydrogen (secondary N) is 1. The van der Waals surface area contributed by atoms with Crippen molar-refractivity contribution in [3.63, 3.8) is 0 Å². The van der Waals surface area contributed by atoms with Crippen LogP contribution in [0, 0.1) is 0 Å². The molecule has 0 fully saturated rings. The summed E-state index contributed by atoms with van der Waals surface area (Å²) in [4.78, 5) is 28.8. The minimum atomic E-state index is -2.97. The molecule has 0 aliphatic heterocycles. The number of aromatic carboxylic acids is 1. The average molecular weight is 484 g/mol. The summed E-state index contributed by atoms with van der Waals surface area (Å²) >= 11 is 0. The number of benzene rings is 3. The Kier molecular flexibility index (Phi) is 8.70. The summed E-state index contributed by atoms with van der Waals surface area (Å²) in [6.45, 7) is -2.97. The van der Waals surface area contributed by atoms with Gasteiger partial charge in [0.2, 0.25) is 0 Å². The Morgan fingerprint density at radius 3 is 2.29 bits per heavy atom. The molecule has 0 saturated heterocycles. The van der Waals surface area contributed by atoms with E-state index in [0.717, 1.165) is 11.1 Å². The van der Waals surface area contributed by atoms with Gasteiger partial charge in [-0.3, -0.25) is 9.78 Å². The van der Waals surface area contributed by atoms with Crippen LogP contribution < -0.4 is 39.6 Å². The molecule has 0 aliphatic rings. The quantitative estimate of drug-likeness (QED) is 0.394. The zero-order valence-corrected chi connectivity index (χ0v) is 20.6. The first kappa shape index (κ1) is 26.0. The normalized spacial score (nSPS) is 10.4. The van der Waals surface area contributed by atoms with Gasteiger partial charge in [0, 0.05) is 18.0 Å². The molecule has 172 valence electrons. The third-order valence-electron chi connectivity index (χ3n) is 5.00. The predicted molar refractivity (Wildman–Crippen MR) is 124 cm³/mol. The van der Waals surface area contributed by atoms with Crippen molar-refractivity contribution in [1.29, 1.82) is 0 Å². The summed E-state index contributed by atoms with van der Waals surface area (Å²) in [5.41, 5.74) is 2.81. The fourth-order valence-electron chi connectivity index (χ4n) is 3.41. The van der Waals surface area contributed by atoms with E-state index in [1.807, 2.05) is 30.3 Å². The minimum absolute atomic E-state index is 0. The van der Waals surface area contributed by atoms with Crippen LogP contribution in [0.1, 0.15) is 22.1 Å². The molecule has 1 heterocycles. The molecule has 0 spiro atoms. The van der Waals surface area contributed by atoms with Gasteiger partial charge in [-0.25, -0.2) is 4.79 Å². The van der Waals surface area contributed by atoms with E-state index in [1.165, 1.54) is 42.6 Å². The van der Waals surface area contributed by atoms with Crippen LogP contribution in [0.15, 0.2) is 91.3 Å². The van der Waals surface area contributed by atoms with Gasteiger partial charge in [-0.2, -0.15) is 8.78 Å². The number of carboxylic acids is 1. The molecule has 0 radical (unpaired) electrons. The second-order valence-electron chi connectivity index (χ2n) is 7.25. The number of rotatable bonds is 7. The van der Waals surface area contributed by atoms with Gasteiger partial charge in [-0.05, 0) is 47.0 Å². The van der Waals surface area contributed by atoms with Gasteiger partial charge in [0.05, 0.1) is 16.8 Å². The van der Waals surface area contributed by atoms with Gasteiger partial charge >= 0.3 is 42.1 Å². The third-order valence-corrected chi connectivity index (χ3v) is 5.00. The summed E-state index contributed by atoms with van der Waals surface area (Å²) in [5.74, 6) is -1.81. The number of anilines is 1. The molecule has 0 bridgehead atoms. The molecule has 4 rings (SSSR count). The molecular weight excluding hydrogens is 465 g/mol. The molecule has 1 aromatic heterocycles. The van der Waals surface area contributed by atoms with Gasteiger partial charge in [0.25, 0.3) is 5.91 Å². The Labute approximate surface area is 223 Å². The van der Waals surface area contributed by atoms with E-state index in [-0.39, 0.29) is 53.5 Å². The number of hydrogen-bond donors (Lipinski definition) is 2. The van der Waals surface area contributed by atoms with E-state index < -0.39 is 18.5 Å². The molecule has 0 aliphatic carbocycles. The first-order valence-corrected chi connectivity index (χ1v) is 10.1. The van der Waals surface area contributed by atoms with Crippen molar-refractivity contribution in [3.8, 4) is 28.0 Å². The summed E-state index contributed by atoms with van der Waals surface area (Å²) in [6.07, 6.45) is 3.01. The van der Waals surface area contributed by atoms with Crippen molar-refractivity contribution in [2.45, 2.75) is 6.61 Å². The predicted octanol–water partition coefficient (Wildman–Crippen LogP) is 3.08. The van der Waals surface area contributed by atoms with Crippen LogP contribution in [0.4, 0.5) is 14.5 Å². The van der Waals surface area contributed by atoms with Crippen molar-refractivity contribution in [2.75, 3.05) is 5.32 Å². The van der Waals surface area contributed by atoms with Crippen LogP contribution in [0.25, 0.3) is 22.3 Å². The summed E-state index contributed by atoms with van der Waals surface area (Å²) in [6, 6.07) is 21.4. The Balaban J connectivity index is 0.00000228. The number of pyridine rings is 1. The number of carboxylic acid groups (broad SMARTS) is 1. The Morgan fingerprint density at radius 1 is 0.857 bits per heavy atom. The summed E-state index contributed by atoms with van der Waals surface area (Å²) in [5, 5.41) is 12.2. The number of nitrogens with zero attached hydrogens (tertiary/aromatic N) is 1. The van der Waals surface area contributed by atoms with Crippen LogP contribution in [-0.4, -0.2) is 28.6 Å². The van der Waals surface area contributed by atoms with Crippen molar-refractivity contribution in [3.05, 3.63) is 102 Å². The van der Waals surface area contributed by atoms with Gasteiger partial charge in [0.1, 0.15) is 5.75 Å². The first-order chi connectivity index (χ1) is 16.4. The fraction of sp³-hybridized carbons (Fsp3) is 0.0385. The zero-order chi connectivity index (χ0) is 24.1. The van der Waals surface area contributed by atoms with Gasteiger partial charge in [0.15, 0.2) is 0 Å². The SMILES string of the molecule is O=C(Nc1cc(-c2cccc(OC(F)F)c2)ccc1C(=O)O)c1cncc(-c2ccccc2)c1.[H-].[Na+]. The second kappa shape index (κ2) is 11.7. The van der Waals surface area contributed by atoms with Crippen LogP contribution in [0.2, 0.25) is 0 Å². The maximum Gasteiger partial charge on any atom is 1.00 e. The third kappa shape index (κ3) is 6.51. The van der Waals surface area contributed by atoms with E-state index in [9.17, 15) is 23.5 Å².